The van der Waals surface area contributed by atoms with Gasteiger partial charge in [-0.1, -0.05) is 11.6 Å². The lowest BCUT2D eigenvalue weighted by molar-refractivity contribution is 0.399. The van der Waals surface area contributed by atoms with Crippen LogP contribution in [0.3, 0.4) is 0 Å². The van der Waals surface area contributed by atoms with Crippen LogP contribution in [-0.4, -0.2) is 18.6 Å². The van der Waals surface area contributed by atoms with Crippen LogP contribution in [0.1, 0.15) is 24.8 Å². The van der Waals surface area contributed by atoms with Gasteiger partial charge in [-0.25, -0.2) is 0 Å². The van der Waals surface area contributed by atoms with Gasteiger partial charge in [0, 0.05) is 29.3 Å². The molecule has 0 amide bonds. The highest BCUT2D eigenvalue weighted by molar-refractivity contribution is 6.30. The van der Waals surface area contributed by atoms with Gasteiger partial charge < -0.3 is 10.6 Å². The van der Waals surface area contributed by atoms with E-state index in [-0.39, 0.29) is 0 Å². The zero-order valence-electron chi connectivity index (χ0n) is 9.32. The fourth-order valence-corrected chi connectivity index (χ4v) is 3.41. The quantitative estimate of drug-likeness (QED) is 0.812. The van der Waals surface area contributed by atoms with Crippen LogP contribution in [0, 0.1) is 0 Å². The Bertz CT molecular complexity index is 405. The number of hydrogen-bond donors (Lipinski definition) is 1. The molecule has 1 saturated heterocycles. The Kier molecular flexibility index (Phi) is 2.56. The predicted molar refractivity (Wildman–Crippen MR) is 68.1 cm³/mol. The first-order chi connectivity index (χ1) is 7.79. The smallest absolute Gasteiger partial charge is 0.0415 e. The monoisotopic (exact) mass is 236 g/mol. The molecule has 2 N–H and O–H groups in total. The predicted octanol–water partition coefficient (Wildman–Crippen LogP) is 2.58. The minimum Gasteiger partial charge on any atom is -0.364 e. The molecule has 2 nitrogen and oxygen atoms in total. The second-order valence-corrected chi connectivity index (χ2v) is 5.30. The molecule has 2 aliphatic rings. The van der Waals surface area contributed by atoms with Gasteiger partial charge >= 0.3 is 0 Å². The highest BCUT2D eigenvalue weighted by Gasteiger charge is 2.36. The summed E-state index contributed by atoms with van der Waals surface area (Å²) in [6.45, 7) is 0.762. The Morgan fingerprint density at radius 3 is 3.06 bits per heavy atom. The normalized spacial score (nSPS) is 27.8. The molecule has 0 radical (unpaired) electrons. The van der Waals surface area contributed by atoms with E-state index in [0.29, 0.717) is 12.1 Å². The second-order valence-electron chi connectivity index (χ2n) is 4.86. The molecule has 1 aromatic carbocycles. The molecule has 3 rings (SSSR count). The standard InChI is InChI=1S/C13H17ClN2/c14-10-4-5-13-9(6-10)7-11-2-1-3-12(8-15)16(11)13/h4-6,11-12H,1-3,7-8,15H2. The molecule has 16 heavy (non-hydrogen) atoms. The van der Waals surface area contributed by atoms with Crippen molar-refractivity contribution in [2.75, 3.05) is 11.4 Å². The molecular weight excluding hydrogens is 220 g/mol. The summed E-state index contributed by atoms with van der Waals surface area (Å²) < 4.78 is 0. The Labute approximate surface area is 101 Å². The first kappa shape index (κ1) is 10.4. The van der Waals surface area contributed by atoms with E-state index in [1.54, 1.807) is 0 Å². The van der Waals surface area contributed by atoms with Gasteiger partial charge in [0.2, 0.25) is 0 Å². The zero-order valence-corrected chi connectivity index (χ0v) is 10.1. The fraction of sp³-hybridized carbons (Fsp3) is 0.538. The lowest BCUT2D eigenvalue weighted by Gasteiger charge is -2.39. The number of nitrogens with zero attached hydrogens (tertiary/aromatic N) is 1. The van der Waals surface area contributed by atoms with Gasteiger partial charge in [-0.2, -0.15) is 0 Å². The van der Waals surface area contributed by atoms with Crippen molar-refractivity contribution in [1.29, 1.82) is 0 Å². The summed E-state index contributed by atoms with van der Waals surface area (Å²) in [6, 6.07) is 7.45. The summed E-state index contributed by atoms with van der Waals surface area (Å²) in [5.41, 5.74) is 8.64. The van der Waals surface area contributed by atoms with E-state index in [2.05, 4.69) is 17.0 Å². The molecule has 1 fully saturated rings. The summed E-state index contributed by atoms with van der Waals surface area (Å²) >= 11 is 6.05. The summed E-state index contributed by atoms with van der Waals surface area (Å²) in [4.78, 5) is 2.54. The molecule has 2 unspecified atom stereocenters. The molecule has 0 bridgehead atoms. The molecule has 0 spiro atoms. The number of piperidine rings is 1. The minimum atomic E-state index is 0.529. The first-order valence-electron chi connectivity index (χ1n) is 6.06. The SMILES string of the molecule is NCC1CCCC2Cc3cc(Cl)ccc3N12. The van der Waals surface area contributed by atoms with Crippen LogP contribution in [0.5, 0.6) is 0 Å². The third-order valence-corrected chi connectivity index (χ3v) is 4.14. The van der Waals surface area contributed by atoms with E-state index in [9.17, 15) is 0 Å². The molecule has 2 heterocycles. The van der Waals surface area contributed by atoms with Crippen molar-refractivity contribution < 1.29 is 0 Å². The molecule has 86 valence electrons. The second kappa shape index (κ2) is 3.94. The maximum Gasteiger partial charge on any atom is 0.0415 e. The van der Waals surface area contributed by atoms with E-state index >= 15 is 0 Å². The van der Waals surface area contributed by atoms with Crippen molar-refractivity contribution >= 4 is 17.3 Å². The average Bonchev–Trinajstić information content (AvgIpc) is 2.65. The minimum absolute atomic E-state index is 0.529. The van der Waals surface area contributed by atoms with Crippen molar-refractivity contribution in [3.63, 3.8) is 0 Å². The van der Waals surface area contributed by atoms with E-state index in [1.165, 1.54) is 30.5 Å². The van der Waals surface area contributed by atoms with Crippen LogP contribution in [-0.2, 0) is 6.42 Å². The molecule has 0 saturated carbocycles. The number of fused-ring (bicyclic) bond motifs is 3. The van der Waals surface area contributed by atoms with Gasteiger partial charge in [0.05, 0.1) is 0 Å². The lowest BCUT2D eigenvalue weighted by Crippen LogP contribution is -2.48. The summed E-state index contributed by atoms with van der Waals surface area (Å²) in [5.74, 6) is 0. The third kappa shape index (κ3) is 1.52. The number of nitrogens with two attached hydrogens (primary N) is 1. The van der Waals surface area contributed by atoms with E-state index in [1.807, 2.05) is 6.07 Å². The Morgan fingerprint density at radius 2 is 2.25 bits per heavy atom. The molecular formula is C13H17ClN2. The van der Waals surface area contributed by atoms with Gasteiger partial charge in [0.15, 0.2) is 0 Å². The van der Waals surface area contributed by atoms with Crippen LogP contribution in [0.25, 0.3) is 0 Å². The van der Waals surface area contributed by atoms with Crippen molar-refractivity contribution in [1.82, 2.24) is 0 Å². The third-order valence-electron chi connectivity index (χ3n) is 3.91. The van der Waals surface area contributed by atoms with E-state index in [0.717, 1.165) is 18.0 Å². The summed E-state index contributed by atoms with van der Waals surface area (Å²) in [6.07, 6.45) is 4.98. The van der Waals surface area contributed by atoms with Gasteiger partial charge in [-0.3, -0.25) is 0 Å². The average molecular weight is 237 g/mol. The maximum atomic E-state index is 6.05. The van der Waals surface area contributed by atoms with Crippen LogP contribution >= 0.6 is 11.6 Å². The first-order valence-corrected chi connectivity index (χ1v) is 6.44. The Hall–Kier alpha value is -0.730. The lowest BCUT2D eigenvalue weighted by atomic mass is 9.96. The van der Waals surface area contributed by atoms with Gasteiger partial charge in [-0.05, 0) is 49.4 Å². The zero-order chi connectivity index (χ0) is 11.1. The molecule has 0 aliphatic carbocycles. The topological polar surface area (TPSA) is 29.3 Å². The number of rotatable bonds is 1. The number of halogens is 1. The van der Waals surface area contributed by atoms with E-state index < -0.39 is 0 Å². The summed E-state index contributed by atoms with van der Waals surface area (Å²) in [7, 11) is 0. The molecule has 2 atom stereocenters. The highest BCUT2D eigenvalue weighted by atomic mass is 35.5. The van der Waals surface area contributed by atoms with Crippen LogP contribution in [0.15, 0.2) is 18.2 Å². The number of hydrogen-bond acceptors (Lipinski definition) is 2. The highest BCUT2D eigenvalue weighted by Crippen LogP contribution is 2.40. The van der Waals surface area contributed by atoms with Gasteiger partial charge in [0.1, 0.15) is 0 Å². The fourth-order valence-electron chi connectivity index (χ4n) is 3.21. The van der Waals surface area contributed by atoms with Crippen LogP contribution in [0.4, 0.5) is 5.69 Å². The maximum absolute atomic E-state index is 6.05. The van der Waals surface area contributed by atoms with Crippen molar-refractivity contribution in [2.24, 2.45) is 5.73 Å². The van der Waals surface area contributed by atoms with Gasteiger partial charge in [-0.15, -0.1) is 0 Å². The molecule has 0 aromatic heterocycles. The number of anilines is 1. The van der Waals surface area contributed by atoms with Crippen molar-refractivity contribution in [2.45, 2.75) is 37.8 Å². The largest absolute Gasteiger partial charge is 0.364 e. The van der Waals surface area contributed by atoms with Crippen LogP contribution < -0.4 is 10.6 Å². The Morgan fingerprint density at radius 1 is 1.38 bits per heavy atom. The van der Waals surface area contributed by atoms with Crippen molar-refractivity contribution in [3.05, 3.63) is 28.8 Å². The molecule has 1 aromatic rings. The Balaban J connectivity index is 2.00. The number of benzene rings is 1. The molecule has 3 heteroatoms. The van der Waals surface area contributed by atoms with Gasteiger partial charge in [0.25, 0.3) is 0 Å². The van der Waals surface area contributed by atoms with Crippen LogP contribution in [0.2, 0.25) is 5.02 Å². The van der Waals surface area contributed by atoms with E-state index in [4.69, 9.17) is 17.3 Å². The molecule has 2 aliphatic heterocycles. The summed E-state index contributed by atoms with van der Waals surface area (Å²) in [5, 5.41) is 0.850. The van der Waals surface area contributed by atoms with Crippen molar-refractivity contribution in [3.8, 4) is 0 Å².